The van der Waals surface area contributed by atoms with E-state index in [4.69, 9.17) is 17.3 Å². The molecule has 1 nitrogen and oxygen atoms in total. The second kappa shape index (κ2) is 5.46. The quantitative estimate of drug-likeness (QED) is 0.853. The number of halogens is 4. The summed E-state index contributed by atoms with van der Waals surface area (Å²) in [6.45, 7) is 1.87. The zero-order valence-electron chi connectivity index (χ0n) is 10.7. The lowest BCUT2D eigenvalue weighted by Gasteiger charge is -2.15. The molecule has 2 rings (SSSR count). The minimum absolute atomic E-state index is 0.504. The highest BCUT2D eigenvalue weighted by Crippen LogP contribution is 2.31. The lowest BCUT2D eigenvalue weighted by atomic mass is 9.98. The Bertz CT molecular complexity index is 606. The van der Waals surface area contributed by atoms with Crippen molar-refractivity contribution in [2.45, 2.75) is 19.1 Å². The van der Waals surface area contributed by atoms with Crippen LogP contribution in [0.3, 0.4) is 0 Å². The Labute approximate surface area is 120 Å². The highest BCUT2D eigenvalue weighted by Gasteiger charge is 2.30. The van der Waals surface area contributed by atoms with E-state index in [0.29, 0.717) is 10.6 Å². The second-order valence-electron chi connectivity index (χ2n) is 4.61. The van der Waals surface area contributed by atoms with Gasteiger partial charge >= 0.3 is 6.18 Å². The van der Waals surface area contributed by atoms with Gasteiger partial charge in [-0.2, -0.15) is 13.2 Å². The van der Waals surface area contributed by atoms with Crippen molar-refractivity contribution in [1.29, 1.82) is 0 Å². The molecule has 5 heteroatoms. The van der Waals surface area contributed by atoms with Gasteiger partial charge in [0.2, 0.25) is 0 Å². The molecule has 0 aromatic heterocycles. The van der Waals surface area contributed by atoms with Crippen molar-refractivity contribution >= 4 is 11.6 Å². The van der Waals surface area contributed by atoms with Crippen molar-refractivity contribution in [2.75, 3.05) is 0 Å². The van der Waals surface area contributed by atoms with E-state index in [1.165, 1.54) is 12.1 Å². The number of hydrogen-bond donors (Lipinski definition) is 1. The average Bonchev–Trinajstić information content (AvgIpc) is 2.40. The number of hydrogen-bond acceptors (Lipinski definition) is 1. The first-order valence-corrected chi connectivity index (χ1v) is 6.35. The molecule has 0 radical (unpaired) electrons. The molecule has 106 valence electrons. The highest BCUT2D eigenvalue weighted by molar-refractivity contribution is 6.31. The van der Waals surface area contributed by atoms with E-state index in [1.807, 2.05) is 19.1 Å². The van der Waals surface area contributed by atoms with Crippen molar-refractivity contribution < 1.29 is 13.2 Å². The Kier molecular flexibility index (Phi) is 4.06. The summed E-state index contributed by atoms with van der Waals surface area (Å²) in [5.74, 6) is 0. The van der Waals surface area contributed by atoms with E-state index >= 15 is 0 Å². The van der Waals surface area contributed by atoms with Crippen molar-refractivity contribution in [3.05, 3.63) is 69.7 Å². The van der Waals surface area contributed by atoms with Gasteiger partial charge in [0.15, 0.2) is 0 Å². The first-order valence-electron chi connectivity index (χ1n) is 5.98. The van der Waals surface area contributed by atoms with Gasteiger partial charge in [-0.1, -0.05) is 35.9 Å². The van der Waals surface area contributed by atoms with Crippen LogP contribution in [0, 0.1) is 6.92 Å². The molecule has 0 spiro atoms. The normalized spacial score (nSPS) is 13.3. The molecule has 2 aromatic carbocycles. The van der Waals surface area contributed by atoms with Crippen molar-refractivity contribution in [1.82, 2.24) is 0 Å². The van der Waals surface area contributed by atoms with Gasteiger partial charge in [-0.25, -0.2) is 0 Å². The van der Waals surface area contributed by atoms with Crippen LogP contribution in [-0.4, -0.2) is 0 Å². The summed E-state index contributed by atoms with van der Waals surface area (Å²) >= 11 is 6.03. The maximum absolute atomic E-state index is 12.5. The van der Waals surface area contributed by atoms with Gasteiger partial charge in [0.1, 0.15) is 0 Å². The van der Waals surface area contributed by atoms with E-state index in [1.54, 1.807) is 6.07 Å². The second-order valence-corrected chi connectivity index (χ2v) is 5.01. The minimum atomic E-state index is -4.34. The van der Waals surface area contributed by atoms with Crippen LogP contribution in [0.5, 0.6) is 0 Å². The third-order valence-electron chi connectivity index (χ3n) is 3.15. The molecule has 0 amide bonds. The first kappa shape index (κ1) is 14.9. The average molecular weight is 300 g/mol. The summed E-state index contributed by atoms with van der Waals surface area (Å²) in [4.78, 5) is 0. The Morgan fingerprint density at radius 2 is 1.55 bits per heavy atom. The molecule has 1 unspecified atom stereocenters. The van der Waals surface area contributed by atoms with Crippen LogP contribution in [0.1, 0.15) is 28.3 Å². The fourth-order valence-corrected chi connectivity index (χ4v) is 2.06. The smallest absolute Gasteiger partial charge is 0.320 e. The molecule has 0 aliphatic carbocycles. The molecule has 0 heterocycles. The molecule has 0 bridgehead atoms. The zero-order valence-corrected chi connectivity index (χ0v) is 11.5. The maximum Gasteiger partial charge on any atom is 0.416 e. The van der Waals surface area contributed by atoms with E-state index < -0.39 is 17.8 Å². The SMILES string of the molecule is Cc1ccc(C(N)c2ccc(C(F)(F)F)cc2)cc1Cl. The van der Waals surface area contributed by atoms with E-state index in [2.05, 4.69) is 0 Å². The van der Waals surface area contributed by atoms with Gasteiger partial charge in [-0.3, -0.25) is 0 Å². The van der Waals surface area contributed by atoms with Crippen molar-refractivity contribution in [2.24, 2.45) is 5.73 Å². The Balaban J connectivity index is 2.29. The van der Waals surface area contributed by atoms with Crippen LogP contribution >= 0.6 is 11.6 Å². The van der Waals surface area contributed by atoms with Crippen LogP contribution in [0.4, 0.5) is 13.2 Å². The third-order valence-corrected chi connectivity index (χ3v) is 3.56. The summed E-state index contributed by atoms with van der Waals surface area (Å²) in [5, 5.41) is 0.588. The summed E-state index contributed by atoms with van der Waals surface area (Å²) < 4.78 is 37.5. The molecule has 0 saturated heterocycles. The van der Waals surface area contributed by atoms with Gasteiger partial charge < -0.3 is 5.73 Å². The maximum atomic E-state index is 12.5. The predicted octanol–water partition coefficient (Wildman–Crippen LogP) is 4.72. The van der Waals surface area contributed by atoms with Gasteiger partial charge in [-0.15, -0.1) is 0 Å². The summed E-state index contributed by atoms with van der Waals surface area (Å²) in [7, 11) is 0. The molecule has 0 fully saturated rings. The summed E-state index contributed by atoms with van der Waals surface area (Å²) in [6, 6.07) is 9.73. The monoisotopic (exact) mass is 299 g/mol. The minimum Gasteiger partial charge on any atom is -0.320 e. The summed E-state index contributed by atoms with van der Waals surface area (Å²) in [6.07, 6.45) is -4.34. The summed E-state index contributed by atoms with van der Waals surface area (Å²) in [5.41, 5.74) is 7.67. The van der Waals surface area contributed by atoms with Gasteiger partial charge in [-0.05, 0) is 41.8 Å². The lowest BCUT2D eigenvalue weighted by molar-refractivity contribution is -0.137. The number of aryl methyl sites for hydroxylation is 1. The number of nitrogens with two attached hydrogens (primary N) is 1. The fraction of sp³-hybridized carbons (Fsp3) is 0.200. The molecule has 0 saturated carbocycles. The molecule has 1 atom stereocenters. The van der Waals surface area contributed by atoms with Crippen LogP contribution in [0.2, 0.25) is 5.02 Å². The standard InChI is InChI=1S/C15H13ClF3N/c1-9-2-3-11(8-13(9)16)14(20)10-4-6-12(7-5-10)15(17,18)19/h2-8,14H,20H2,1H3. The molecular weight excluding hydrogens is 287 g/mol. The topological polar surface area (TPSA) is 26.0 Å². The van der Waals surface area contributed by atoms with Gasteiger partial charge in [0.25, 0.3) is 0 Å². The largest absolute Gasteiger partial charge is 0.416 e. The van der Waals surface area contributed by atoms with E-state index in [0.717, 1.165) is 23.3 Å². The van der Waals surface area contributed by atoms with E-state index in [9.17, 15) is 13.2 Å². The zero-order chi connectivity index (χ0) is 14.9. The Morgan fingerprint density at radius 1 is 1.00 bits per heavy atom. The fourth-order valence-electron chi connectivity index (χ4n) is 1.87. The lowest BCUT2D eigenvalue weighted by Crippen LogP contribution is -2.13. The predicted molar refractivity (Wildman–Crippen MR) is 73.7 cm³/mol. The van der Waals surface area contributed by atoms with Crippen LogP contribution in [0.25, 0.3) is 0 Å². The number of rotatable bonds is 2. The number of benzene rings is 2. The molecule has 0 aliphatic rings. The van der Waals surface area contributed by atoms with Crippen molar-refractivity contribution in [3.8, 4) is 0 Å². The van der Waals surface area contributed by atoms with E-state index in [-0.39, 0.29) is 0 Å². The first-order chi connectivity index (χ1) is 9.29. The molecule has 0 aliphatic heterocycles. The van der Waals surface area contributed by atoms with Crippen molar-refractivity contribution in [3.63, 3.8) is 0 Å². The van der Waals surface area contributed by atoms with Crippen LogP contribution < -0.4 is 5.73 Å². The van der Waals surface area contributed by atoms with Gasteiger partial charge in [0.05, 0.1) is 11.6 Å². The van der Waals surface area contributed by atoms with Crippen LogP contribution in [-0.2, 0) is 6.18 Å². The molecular formula is C15H13ClF3N. The Morgan fingerprint density at radius 3 is 2.05 bits per heavy atom. The highest BCUT2D eigenvalue weighted by atomic mass is 35.5. The van der Waals surface area contributed by atoms with Crippen LogP contribution in [0.15, 0.2) is 42.5 Å². The molecule has 2 aromatic rings. The molecule has 20 heavy (non-hydrogen) atoms. The third kappa shape index (κ3) is 3.14. The number of alkyl halides is 3. The molecule has 2 N–H and O–H groups in total. The Hall–Kier alpha value is -1.52. The van der Waals surface area contributed by atoms with Gasteiger partial charge in [0, 0.05) is 5.02 Å².